The Labute approximate surface area is 276 Å². The number of urea groups is 1. The molecule has 3 N–H and O–H groups in total. The highest BCUT2D eigenvalue weighted by Gasteiger charge is 2.39. The maximum absolute atomic E-state index is 13.9. The number of carbonyl (C=O) groups is 2. The molecule has 1 saturated heterocycles. The first-order valence-electron chi connectivity index (χ1n) is 16.4. The van der Waals surface area contributed by atoms with Crippen LogP contribution in [0.5, 0.6) is 5.75 Å². The van der Waals surface area contributed by atoms with E-state index in [1.807, 2.05) is 102 Å². The first-order chi connectivity index (χ1) is 22.9. The number of rotatable bonds is 13. The molecule has 8 heteroatoms. The topological polar surface area (TPSA) is 102 Å². The second kappa shape index (κ2) is 14.8. The minimum Gasteiger partial charge on any atom is -0.497 e. The van der Waals surface area contributed by atoms with Crippen molar-refractivity contribution in [1.29, 1.82) is 0 Å². The molecule has 47 heavy (non-hydrogen) atoms. The number of amides is 3. The van der Waals surface area contributed by atoms with E-state index in [1.54, 1.807) is 12.0 Å². The highest BCUT2D eigenvalue weighted by atomic mass is 16.5. The molecule has 0 spiro atoms. The summed E-state index contributed by atoms with van der Waals surface area (Å²) >= 11 is 0. The van der Waals surface area contributed by atoms with E-state index in [0.29, 0.717) is 32.4 Å². The third-order valence-corrected chi connectivity index (χ3v) is 9.40. The summed E-state index contributed by atoms with van der Waals surface area (Å²) in [5.41, 5.74) is 5.05. The number of nitrogens with one attached hydrogen (secondary N) is 1. The molecular formula is C39H43N3O5. The van der Waals surface area contributed by atoms with Gasteiger partial charge in [0, 0.05) is 32.0 Å². The predicted molar refractivity (Wildman–Crippen MR) is 181 cm³/mol. The molecule has 0 unspecified atom stereocenters. The van der Waals surface area contributed by atoms with Gasteiger partial charge in [0.2, 0.25) is 5.91 Å². The average molecular weight is 634 g/mol. The zero-order valence-electron chi connectivity index (χ0n) is 26.7. The van der Waals surface area contributed by atoms with Crippen molar-refractivity contribution >= 4 is 11.9 Å². The summed E-state index contributed by atoms with van der Waals surface area (Å²) in [5.74, 6) is -0.0228. The molecule has 4 aromatic rings. The molecule has 1 heterocycles. The third kappa shape index (κ3) is 7.84. The minimum atomic E-state index is -0.932. The Morgan fingerprint density at radius 3 is 2.26 bits per heavy atom. The maximum atomic E-state index is 13.9. The van der Waals surface area contributed by atoms with E-state index in [1.165, 1.54) is 0 Å². The predicted octanol–water partition coefficient (Wildman–Crippen LogP) is 4.93. The van der Waals surface area contributed by atoms with Crippen LogP contribution in [0.25, 0.3) is 0 Å². The van der Waals surface area contributed by atoms with Crippen molar-refractivity contribution in [3.8, 4) is 5.75 Å². The van der Waals surface area contributed by atoms with Gasteiger partial charge in [-0.3, -0.25) is 4.79 Å². The van der Waals surface area contributed by atoms with Crippen molar-refractivity contribution in [2.75, 3.05) is 20.2 Å². The van der Waals surface area contributed by atoms with Crippen LogP contribution in [-0.2, 0) is 30.6 Å². The van der Waals surface area contributed by atoms with E-state index in [2.05, 4.69) is 17.4 Å². The van der Waals surface area contributed by atoms with Crippen molar-refractivity contribution in [2.24, 2.45) is 5.92 Å². The van der Waals surface area contributed by atoms with E-state index in [-0.39, 0.29) is 30.9 Å². The maximum Gasteiger partial charge on any atom is 0.320 e. The summed E-state index contributed by atoms with van der Waals surface area (Å²) in [6, 6.07) is 34.5. The van der Waals surface area contributed by atoms with Crippen LogP contribution >= 0.6 is 0 Å². The highest BCUT2D eigenvalue weighted by molar-refractivity contribution is 5.80. The van der Waals surface area contributed by atoms with E-state index in [0.717, 1.165) is 33.6 Å². The Bertz CT molecular complexity index is 1630. The molecule has 2 aliphatic rings. The number of carbonyl (C=O) groups excluding carboxylic acids is 2. The molecule has 0 aromatic heterocycles. The van der Waals surface area contributed by atoms with Gasteiger partial charge in [-0.25, -0.2) is 4.79 Å². The summed E-state index contributed by atoms with van der Waals surface area (Å²) in [5, 5.41) is 25.5. The molecule has 8 nitrogen and oxygen atoms in total. The normalized spacial score (nSPS) is 20.1. The fraction of sp³-hybridized carbons (Fsp3) is 0.333. The largest absolute Gasteiger partial charge is 0.497 e. The van der Waals surface area contributed by atoms with Crippen LogP contribution in [0.1, 0.15) is 40.3 Å². The smallest absolute Gasteiger partial charge is 0.320 e. The van der Waals surface area contributed by atoms with Gasteiger partial charge in [0.15, 0.2) is 0 Å². The van der Waals surface area contributed by atoms with E-state index in [4.69, 9.17) is 4.74 Å². The fourth-order valence-corrected chi connectivity index (χ4v) is 6.97. The molecule has 0 radical (unpaired) electrons. The second-order valence-corrected chi connectivity index (χ2v) is 12.7. The lowest BCUT2D eigenvalue weighted by Gasteiger charge is -2.28. The van der Waals surface area contributed by atoms with E-state index >= 15 is 0 Å². The van der Waals surface area contributed by atoms with Gasteiger partial charge in [0.1, 0.15) is 5.75 Å². The van der Waals surface area contributed by atoms with Crippen LogP contribution in [-0.4, -0.2) is 70.4 Å². The van der Waals surface area contributed by atoms with Crippen LogP contribution in [0.3, 0.4) is 0 Å². The standard InChI is InChI=1S/C39H43N3O5/c1-47-34-18-16-29(17-19-34)24-41-25-32(21-28-12-6-3-7-13-28)42(39(41)46)26-33(43)22-31(20-27-10-4-2-5-11-27)38(45)40-37-35-15-9-8-14-30(35)23-36(37)44/h2-19,31-33,36-37,43-44H,20-26H2,1H3,(H,40,45)/t31-,32-,33-,36+,37-/m0/s1. The summed E-state index contributed by atoms with van der Waals surface area (Å²) in [6.07, 6.45) is 0.102. The SMILES string of the molecule is COc1ccc(CN2C[C@H](Cc3ccccc3)N(C[C@@H](O)C[C@H](Cc3ccccc3)C(=O)N[C@H]3c4ccccc4C[C@H]3O)C2=O)cc1. The van der Waals surface area contributed by atoms with Gasteiger partial charge >= 0.3 is 6.03 Å². The molecule has 1 aliphatic heterocycles. The molecule has 3 amide bonds. The fourth-order valence-electron chi connectivity index (χ4n) is 6.97. The number of fused-ring (bicyclic) bond motifs is 1. The molecule has 6 rings (SSSR count). The van der Waals surface area contributed by atoms with Crippen LogP contribution < -0.4 is 10.1 Å². The summed E-state index contributed by atoms with van der Waals surface area (Å²) in [7, 11) is 1.63. The molecule has 1 aliphatic carbocycles. The number of methoxy groups -OCH3 is 1. The Morgan fingerprint density at radius 1 is 0.894 bits per heavy atom. The zero-order chi connectivity index (χ0) is 32.8. The average Bonchev–Trinajstić information content (AvgIpc) is 3.55. The van der Waals surface area contributed by atoms with Crippen molar-refractivity contribution in [3.05, 3.63) is 137 Å². The first kappa shape index (κ1) is 32.3. The number of benzene rings is 4. The van der Waals surface area contributed by atoms with Crippen molar-refractivity contribution in [2.45, 2.75) is 56.5 Å². The Morgan fingerprint density at radius 2 is 1.55 bits per heavy atom. The lowest BCUT2D eigenvalue weighted by molar-refractivity contribution is -0.127. The number of β-amino-alcohol motifs (C(OH)–C–C–N with tert-alkyl or cyclic N) is 1. The number of ether oxygens (including phenoxy) is 1. The summed E-state index contributed by atoms with van der Waals surface area (Å²) < 4.78 is 5.29. The van der Waals surface area contributed by atoms with Gasteiger partial charge < -0.3 is 30.1 Å². The van der Waals surface area contributed by atoms with Gasteiger partial charge in [-0.1, -0.05) is 97.1 Å². The Hall–Kier alpha value is -4.66. The molecule has 1 fully saturated rings. The summed E-state index contributed by atoms with van der Waals surface area (Å²) in [4.78, 5) is 31.3. The molecule has 4 aromatic carbocycles. The lowest BCUT2D eigenvalue weighted by Crippen LogP contribution is -2.44. The number of hydrogen-bond acceptors (Lipinski definition) is 5. The third-order valence-electron chi connectivity index (χ3n) is 9.40. The second-order valence-electron chi connectivity index (χ2n) is 12.7. The highest BCUT2D eigenvalue weighted by Crippen LogP contribution is 2.32. The van der Waals surface area contributed by atoms with Gasteiger partial charge in [0.05, 0.1) is 31.4 Å². The van der Waals surface area contributed by atoms with Crippen molar-refractivity contribution < 1.29 is 24.5 Å². The zero-order valence-corrected chi connectivity index (χ0v) is 26.7. The Balaban J connectivity index is 1.18. The molecule has 5 atom stereocenters. The van der Waals surface area contributed by atoms with Crippen LogP contribution in [0.2, 0.25) is 0 Å². The summed E-state index contributed by atoms with van der Waals surface area (Å²) in [6.45, 7) is 1.09. The van der Waals surface area contributed by atoms with E-state index < -0.39 is 24.2 Å². The van der Waals surface area contributed by atoms with E-state index in [9.17, 15) is 19.8 Å². The first-order valence-corrected chi connectivity index (χ1v) is 16.4. The lowest BCUT2D eigenvalue weighted by atomic mass is 9.91. The molecule has 244 valence electrons. The molecule has 0 bridgehead atoms. The Kier molecular flexibility index (Phi) is 10.2. The number of hydrogen-bond donors (Lipinski definition) is 3. The van der Waals surface area contributed by atoms with Gasteiger partial charge in [-0.15, -0.1) is 0 Å². The minimum absolute atomic E-state index is 0.114. The van der Waals surface area contributed by atoms with Crippen LogP contribution in [0, 0.1) is 5.92 Å². The van der Waals surface area contributed by atoms with Crippen molar-refractivity contribution in [1.82, 2.24) is 15.1 Å². The molecule has 0 saturated carbocycles. The monoisotopic (exact) mass is 633 g/mol. The molecular weight excluding hydrogens is 590 g/mol. The van der Waals surface area contributed by atoms with Crippen LogP contribution in [0.4, 0.5) is 4.79 Å². The van der Waals surface area contributed by atoms with Crippen LogP contribution in [0.15, 0.2) is 109 Å². The number of nitrogens with zero attached hydrogens (tertiary/aromatic N) is 2. The van der Waals surface area contributed by atoms with Crippen molar-refractivity contribution in [3.63, 3.8) is 0 Å². The quantitative estimate of drug-likeness (QED) is 0.194. The number of aliphatic hydroxyl groups is 2. The van der Waals surface area contributed by atoms with Gasteiger partial charge in [-0.05, 0) is 59.2 Å². The van der Waals surface area contributed by atoms with Gasteiger partial charge in [0.25, 0.3) is 0 Å². The van der Waals surface area contributed by atoms with Gasteiger partial charge in [-0.2, -0.15) is 0 Å². The number of aliphatic hydroxyl groups excluding tert-OH is 2.